The van der Waals surface area contributed by atoms with Gasteiger partial charge in [-0.05, 0) is 25.1 Å². The first-order chi connectivity index (χ1) is 8.90. The molecule has 1 aromatic carbocycles. The zero-order valence-electron chi connectivity index (χ0n) is 10.3. The van der Waals surface area contributed by atoms with Gasteiger partial charge >= 0.3 is 0 Å². The molecule has 0 spiro atoms. The molecule has 1 aromatic heterocycles. The molecule has 0 atom stereocenters. The molecule has 0 aliphatic heterocycles. The van der Waals surface area contributed by atoms with E-state index in [9.17, 15) is 14.9 Å². The normalized spacial score (nSPS) is 10.5. The fraction of sp³-hybridized carbons (Fsp3) is 0.167. The van der Waals surface area contributed by atoms with E-state index < -0.39 is 10.7 Å². The zero-order chi connectivity index (χ0) is 14.2. The van der Waals surface area contributed by atoms with E-state index in [4.69, 9.17) is 11.6 Å². The molecule has 2 aromatic rings. The van der Waals surface area contributed by atoms with E-state index in [1.165, 1.54) is 16.8 Å². The van der Waals surface area contributed by atoms with Crippen molar-refractivity contribution in [2.24, 2.45) is 7.05 Å². The Balaban J connectivity index is 2.56. The molecule has 0 saturated heterocycles. The van der Waals surface area contributed by atoms with Gasteiger partial charge in [-0.15, -0.1) is 0 Å². The third-order valence-corrected chi connectivity index (χ3v) is 2.87. The summed E-state index contributed by atoms with van der Waals surface area (Å²) >= 11 is 5.71. The first kappa shape index (κ1) is 13.2. The fourth-order valence-electron chi connectivity index (χ4n) is 1.81. The van der Waals surface area contributed by atoms with Crippen molar-refractivity contribution in [2.45, 2.75) is 6.92 Å². The number of ketones is 1. The van der Waals surface area contributed by atoms with Crippen LogP contribution in [0.5, 0.6) is 0 Å². The smallest absolute Gasteiger partial charge is 0.282 e. The van der Waals surface area contributed by atoms with Gasteiger partial charge in [-0.3, -0.25) is 19.6 Å². The second kappa shape index (κ2) is 4.81. The monoisotopic (exact) mass is 279 g/mol. The molecule has 0 radical (unpaired) electrons. The Labute approximate surface area is 113 Å². The molecule has 19 heavy (non-hydrogen) atoms. The number of hydrogen-bond acceptors (Lipinski definition) is 4. The highest BCUT2D eigenvalue weighted by atomic mass is 35.5. The molecule has 0 fully saturated rings. The van der Waals surface area contributed by atoms with Gasteiger partial charge in [0.05, 0.1) is 10.6 Å². The van der Waals surface area contributed by atoms with Gasteiger partial charge in [0.1, 0.15) is 11.3 Å². The Bertz CT molecular complexity index is 679. The summed E-state index contributed by atoms with van der Waals surface area (Å²) in [5.74, 6) is -0.452. The minimum Gasteiger partial charge on any atom is -0.287 e. The van der Waals surface area contributed by atoms with Crippen molar-refractivity contribution in [3.05, 3.63) is 56.4 Å². The van der Waals surface area contributed by atoms with Gasteiger partial charge in [0.15, 0.2) is 0 Å². The molecule has 98 valence electrons. The predicted molar refractivity (Wildman–Crippen MR) is 69.5 cm³/mol. The van der Waals surface area contributed by atoms with Crippen LogP contribution in [0.25, 0.3) is 0 Å². The molecule has 2 rings (SSSR count). The van der Waals surface area contributed by atoms with Gasteiger partial charge in [-0.2, -0.15) is 5.10 Å². The van der Waals surface area contributed by atoms with Gasteiger partial charge < -0.3 is 0 Å². The van der Waals surface area contributed by atoms with E-state index in [-0.39, 0.29) is 16.3 Å². The van der Waals surface area contributed by atoms with Crippen molar-refractivity contribution in [2.75, 3.05) is 0 Å². The molecular weight excluding hydrogens is 270 g/mol. The lowest BCUT2D eigenvalue weighted by Crippen LogP contribution is -2.10. The molecule has 0 aliphatic rings. The van der Waals surface area contributed by atoms with Gasteiger partial charge in [0.2, 0.25) is 5.78 Å². The van der Waals surface area contributed by atoms with Crippen molar-refractivity contribution in [1.29, 1.82) is 0 Å². The molecule has 0 aliphatic carbocycles. The minimum absolute atomic E-state index is 0.00241. The van der Waals surface area contributed by atoms with Gasteiger partial charge in [-0.25, -0.2) is 0 Å². The van der Waals surface area contributed by atoms with Crippen LogP contribution in [0, 0.1) is 17.0 Å². The third-order valence-electron chi connectivity index (χ3n) is 2.64. The SMILES string of the molecule is Cc1cc(C(=O)c2ccc(Cl)cc2[N+](=O)[O-])n(C)n1. The van der Waals surface area contributed by atoms with Crippen molar-refractivity contribution in [3.8, 4) is 0 Å². The molecule has 1 heterocycles. The number of carbonyl (C=O) groups is 1. The van der Waals surface area contributed by atoms with Crippen LogP contribution in [-0.2, 0) is 7.05 Å². The van der Waals surface area contributed by atoms with E-state index in [1.807, 2.05) is 0 Å². The number of nitro benzene ring substituents is 1. The van der Waals surface area contributed by atoms with Crippen LogP contribution in [0.15, 0.2) is 24.3 Å². The topological polar surface area (TPSA) is 78.0 Å². The second-order valence-electron chi connectivity index (χ2n) is 4.04. The highest BCUT2D eigenvalue weighted by molar-refractivity contribution is 6.31. The molecule has 7 heteroatoms. The lowest BCUT2D eigenvalue weighted by atomic mass is 10.1. The Kier molecular flexibility index (Phi) is 3.35. The predicted octanol–water partition coefficient (Wildman–Crippen LogP) is 2.52. The summed E-state index contributed by atoms with van der Waals surface area (Å²) in [6.45, 7) is 1.74. The Morgan fingerprint density at radius 1 is 1.42 bits per heavy atom. The van der Waals surface area contributed by atoms with E-state index in [0.717, 1.165) is 6.07 Å². The average Bonchev–Trinajstić information content (AvgIpc) is 2.67. The summed E-state index contributed by atoms with van der Waals surface area (Å²) in [4.78, 5) is 22.7. The zero-order valence-corrected chi connectivity index (χ0v) is 11.0. The van der Waals surface area contributed by atoms with Crippen molar-refractivity contribution in [1.82, 2.24) is 9.78 Å². The van der Waals surface area contributed by atoms with Crippen LogP contribution in [-0.4, -0.2) is 20.5 Å². The van der Waals surface area contributed by atoms with Crippen molar-refractivity contribution in [3.63, 3.8) is 0 Å². The van der Waals surface area contributed by atoms with E-state index in [0.29, 0.717) is 11.4 Å². The first-order valence-electron chi connectivity index (χ1n) is 5.39. The summed E-state index contributed by atoms with van der Waals surface area (Å²) in [7, 11) is 1.61. The maximum Gasteiger partial charge on any atom is 0.282 e. The van der Waals surface area contributed by atoms with Crippen LogP contribution >= 0.6 is 11.6 Å². The van der Waals surface area contributed by atoms with Crippen molar-refractivity contribution < 1.29 is 9.72 Å². The summed E-state index contributed by atoms with van der Waals surface area (Å²) in [5.41, 5.74) is 0.652. The van der Waals surface area contributed by atoms with Crippen LogP contribution in [0.2, 0.25) is 5.02 Å². The molecular formula is C12H10ClN3O3. The lowest BCUT2D eigenvalue weighted by Gasteiger charge is -2.03. The molecule has 0 unspecified atom stereocenters. The van der Waals surface area contributed by atoms with E-state index >= 15 is 0 Å². The average molecular weight is 280 g/mol. The second-order valence-corrected chi connectivity index (χ2v) is 4.48. The molecule has 6 nitrogen and oxygen atoms in total. The van der Waals surface area contributed by atoms with Gasteiger partial charge in [0, 0.05) is 18.1 Å². The number of aryl methyl sites for hydroxylation is 2. The number of hydrogen-bond donors (Lipinski definition) is 0. The molecule has 0 amide bonds. The van der Waals surface area contributed by atoms with Crippen molar-refractivity contribution >= 4 is 23.1 Å². The number of halogens is 1. The quantitative estimate of drug-likeness (QED) is 0.491. The Morgan fingerprint density at radius 2 is 2.11 bits per heavy atom. The molecule has 0 saturated carbocycles. The van der Waals surface area contributed by atoms with Gasteiger partial charge in [-0.1, -0.05) is 11.6 Å². The number of rotatable bonds is 3. The highest BCUT2D eigenvalue weighted by Gasteiger charge is 2.23. The third kappa shape index (κ3) is 2.48. The fourth-order valence-corrected chi connectivity index (χ4v) is 1.98. The first-order valence-corrected chi connectivity index (χ1v) is 5.77. The number of nitrogens with zero attached hydrogens (tertiary/aromatic N) is 3. The number of aromatic nitrogens is 2. The summed E-state index contributed by atoms with van der Waals surface area (Å²) in [6.07, 6.45) is 0. The number of benzene rings is 1. The van der Waals surface area contributed by atoms with Gasteiger partial charge in [0.25, 0.3) is 5.69 Å². The maximum atomic E-state index is 12.3. The summed E-state index contributed by atoms with van der Waals surface area (Å²) in [5, 5.41) is 15.2. The Morgan fingerprint density at radius 3 is 2.63 bits per heavy atom. The molecule has 0 N–H and O–H groups in total. The van der Waals surface area contributed by atoms with Crippen LogP contribution in [0.3, 0.4) is 0 Å². The minimum atomic E-state index is -0.623. The summed E-state index contributed by atoms with van der Waals surface area (Å²) < 4.78 is 1.40. The highest BCUT2D eigenvalue weighted by Crippen LogP contribution is 2.25. The maximum absolute atomic E-state index is 12.3. The van der Waals surface area contributed by atoms with Crippen LogP contribution in [0.4, 0.5) is 5.69 Å². The van der Waals surface area contributed by atoms with Crippen LogP contribution in [0.1, 0.15) is 21.7 Å². The standard InChI is InChI=1S/C12H10ClN3O3/c1-7-5-11(15(2)14-7)12(17)9-4-3-8(13)6-10(9)16(18)19/h3-6H,1-2H3. The molecule has 0 bridgehead atoms. The number of carbonyl (C=O) groups excluding carboxylic acids is 1. The van der Waals surface area contributed by atoms with E-state index in [1.54, 1.807) is 20.0 Å². The largest absolute Gasteiger partial charge is 0.287 e. The Hall–Kier alpha value is -2.21. The summed E-state index contributed by atoms with van der Waals surface area (Å²) in [6, 6.07) is 5.55. The number of nitro groups is 1. The van der Waals surface area contributed by atoms with E-state index in [2.05, 4.69) is 5.10 Å². The van der Waals surface area contributed by atoms with Crippen LogP contribution < -0.4 is 0 Å². The lowest BCUT2D eigenvalue weighted by molar-refractivity contribution is -0.385.